The molecule has 53 heavy (non-hydrogen) atoms. The van der Waals surface area contributed by atoms with Gasteiger partial charge in [-0.05, 0) is 109 Å². The monoisotopic (exact) mass is 714 g/mol. The van der Waals surface area contributed by atoms with Crippen molar-refractivity contribution in [2.45, 2.75) is 6.92 Å². The molecule has 0 aliphatic rings. The van der Waals surface area contributed by atoms with E-state index in [1.54, 1.807) is 0 Å². The second-order valence-electron chi connectivity index (χ2n) is 13.5. The van der Waals surface area contributed by atoms with E-state index >= 15 is 0 Å². The number of nitrogens with zero attached hydrogens (tertiary/aromatic N) is 2. The Morgan fingerprint density at radius 3 is 1.51 bits per heavy atom. The summed E-state index contributed by atoms with van der Waals surface area (Å²) in [5.41, 5.74) is 10.5. The van der Waals surface area contributed by atoms with Gasteiger partial charge >= 0.3 is 0 Å². The summed E-state index contributed by atoms with van der Waals surface area (Å²) in [6.45, 7) is 2.14. The van der Waals surface area contributed by atoms with Gasteiger partial charge in [-0.2, -0.15) is 0 Å². The van der Waals surface area contributed by atoms with Crippen molar-refractivity contribution < 1.29 is 0 Å². The SMILES string of the molecule is Cc1ccc(N(c2ccccc2)c2ccc3sc4cc(N(c5ccccc5)c5ccc6sc7ccccc7c6c5)cc(-c5ccccc5)c4c3c2)cc1. The Morgan fingerprint density at radius 2 is 0.830 bits per heavy atom. The van der Waals surface area contributed by atoms with E-state index < -0.39 is 0 Å². The first kappa shape index (κ1) is 31.5. The molecule has 0 aliphatic heterocycles. The molecule has 0 N–H and O–H groups in total. The number of aryl methyl sites for hydroxylation is 1. The summed E-state index contributed by atoms with van der Waals surface area (Å²) in [5, 5.41) is 5.14. The topological polar surface area (TPSA) is 6.48 Å². The van der Waals surface area contributed by atoms with Crippen molar-refractivity contribution in [1.29, 1.82) is 0 Å². The van der Waals surface area contributed by atoms with Crippen molar-refractivity contribution in [3.05, 3.63) is 194 Å². The van der Waals surface area contributed by atoms with Crippen molar-refractivity contribution >= 4 is 97.1 Å². The van der Waals surface area contributed by atoms with E-state index in [1.165, 1.54) is 57.0 Å². The molecular weight excluding hydrogens is 681 g/mol. The molecule has 0 atom stereocenters. The maximum atomic E-state index is 2.42. The molecule has 0 fully saturated rings. The second kappa shape index (κ2) is 13.1. The third kappa shape index (κ3) is 5.64. The van der Waals surface area contributed by atoms with E-state index in [-0.39, 0.29) is 0 Å². The zero-order chi connectivity index (χ0) is 35.3. The van der Waals surface area contributed by atoms with Crippen LogP contribution in [0.1, 0.15) is 5.56 Å². The fraction of sp³-hybridized carbons (Fsp3) is 0.0204. The standard InChI is InChI=1S/C49H34N2S2/c1-33-21-23-37(24-22-33)50(35-15-7-3-8-16-35)39-26-28-47-44(30-39)49-42(34-13-5-2-6-14-34)31-40(32-48(49)53-47)51(36-17-9-4-10-18-36)38-25-27-46-43(29-38)41-19-11-12-20-45(41)52-46/h2-32H,1H3. The fourth-order valence-corrected chi connectivity index (χ4v) is 9.82. The second-order valence-corrected chi connectivity index (χ2v) is 15.6. The minimum atomic E-state index is 1.13. The Hall–Kier alpha value is -6.20. The molecule has 2 aromatic heterocycles. The van der Waals surface area contributed by atoms with Gasteiger partial charge in [0.2, 0.25) is 0 Å². The van der Waals surface area contributed by atoms with Gasteiger partial charge in [0.15, 0.2) is 0 Å². The van der Waals surface area contributed by atoms with Crippen LogP contribution in [0, 0.1) is 6.92 Å². The third-order valence-corrected chi connectivity index (χ3v) is 12.3. The van der Waals surface area contributed by atoms with Gasteiger partial charge in [-0.1, -0.05) is 103 Å². The zero-order valence-corrected chi connectivity index (χ0v) is 30.7. The van der Waals surface area contributed by atoms with Crippen LogP contribution in [0.5, 0.6) is 0 Å². The van der Waals surface area contributed by atoms with Crippen LogP contribution < -0.4 is 9.80 Å². The first-order valence-corrected chi connectivity index (χ1v) is 19.6. The van der Waals surface area contributed by atoms with E-state index in [0.29, 0.717) is 0 Å². The highest BCUT2D eigenvalue weighted by atomic mass is 32.1. The lowest BCUT2D eigenvalue weighted by Gasteiger charge is -2.27. The summed E-state index contributed by atoms with van der Waals surface area (Å²) in [6.07, 6.45) is 0. The highest BCUT2D eigenvalue weighted by molar-refractivity contribution is 7.26. The highest BCUT2D eigenvalue weighted by Gasteiger charge is 2.21. The molecule has 0 bridgehead atoms. The molecule has 0 radical (unpaired) electrons. The molecule has 0 aliphatic carbocycles. The summed E-state index contributed by atoms with van der Waals surface area (Å²) in [4.78, 5) is 4.78. The van der Waals surface area contributed by atoms with E-state index in [0.717, 1.165) is 34.1 Å². The summed E-state index contributed by atoms with van der Waals surface area (Å²) < 4.78 is 5.15. The predicted octanol–water partition coefficient (Wildman–Crippen LogP) is 15.3. The summed E-state index contributed by atoms with van der Waals surface area (Å²) >= 11 is 3.73. The van der Waals surface area contributed by atoms with E-state index in [4.69, 9.17) is 0 Å². The Kier molecular flexibility index (Phi) is 7.79. The van der Waals surface area contributed by atoms with Crippen LogP contribution >= 0.6 is 22.7 Å². The lowest BCUT2D eigenvalue weighted by atomic mass is 9.97. The van der Waals surface area contributed by atoms with Crippen LogP contribution in [0.3, 0.4) is 0 Å². The molecule has 0 saturated heterocycles. The van der Waals surface area contributed by atoms with Crippen molar-refractivity contribution in [3.8, 4) is 11.1 Å². The number of hydrogen-bond acceptors (Lipinski definition) is 4. The van der Waals surface area contributed by atoms with E-state index in [9.17, 15) is 0 Å². The molecule has 10 rings (SSSR count). The van der Waals surface area contributed by atoms with Gasteiger partial charge < -0.3 is 9.80 Å². The van der Waals surface area contributed by atoms with Crippen LogP contribution in [0.15, 0.2) is 188 Å². The van der Waals surface area contributed by atoms with Crippen LogP contribution in [0.4, 0.5) is 34.1 Å². The maximum Gasteiger partial charge on any atom is 0.0482 e. The van der Waals surface area contributed by atoms with E-state index in [2.05, 4.69) is 205 Å². The number of thiophene rings is 2. The minimum Gasteiger partial charge on any atom is -0.310 e. The van der Waals surface area contributed by atoms with Crippen LogP contribution in [0.2, 0.25) is 0 Å². The van der Waals surface area contributed by atoms with Crippen molar-refractivity contribution in [1.82, 2.24) is 0 Å². The molecule has 2 nitrogen and oxygen atoms in total. The van der Waals surface area contributed by atoms with Gasteiger partial charge in [-0.3, -0.25) is 0 Å². The molecular formula is C49H34N2S2. The summed E-state index contributed by atoms with van der Waals surface area (Å²) in [5.74, 6) is 0. The summed E-state index contributed by atoms with van der Waals surface area (Å²) in [6, 6.07) is 68.6. The number of hydrogen-bond donors (Lipinski definition) is 0. The van der Waals surface area contributed by atoms with Gasteiger partial charge in [-0.15, -0.1) is 22.7 Å². The maximum absolute atomic E-state index is 2.42. The number of anilines is 6. The van der Waals surface area contributed by atoms with Crippen molar-refractivity contribution in [3.63, 3.8) is 0 Å². The largest absolute Gasteiger partial charge is 0.310 e. The lowest BCUT2D eigenvalue weighted by Crippen LogP contribution is -2.10. The van der Waals surface area contributed by atoms with Gasteiger partial charge in [-0.25, -0.2) is 0 Å². The van der Waals surface area contributed by atoms with Crippen molar-refractivity contribution in [2.75, 3.05) is 9.80 Å². The first-order chi connectivity index (χ1) is 26.2. The number of benzene rings is 8. The Bertz CT molecular complexity index is 2890. The van der Waals surface area contributed by atoms with Crippen LogP contribution in [-0.2, 0) is 0 Å². The summed E-state index contributed by atoms with van der Waals surface area (Å²) in [7, 11) is 0. The quantitative estimate of drug-likeness (QED) is 0.162. The first-order valence-electron chi connectivity index (χ1n) is 17.9. The number of para-hydroxylation sites is 2. The molecule has 0 saturated carbocycles. The zero-order valence-electron chi connectivity index (χ0n) is 29.1. The Labute approximate surface area is 317 Å². The Balaban J connectivity index is 1.21. The fourth-order valence-electron chi connectivity index (χ4n) is 7.59. The molecule has 2 heterocycles. The average molecular weight is 715 g/mol. The Morgan fingerprint density at radius 1 is 0.340 bits per heavy atom. The third-order valence-electron chi connectivity index (χ3n) is 10.1. The number of fused-ring (bicyclic) bond motifs is 6. The highest BCUT2D eigenvalue weighted by Crippen LogP contribution is 2.48. The molecule has 8 aromatic carbocycles. The predicted molar refractivity (Wildman–Crippen MR) is 232 cm³/mol. The molecule has 4 heteroatoms. The molecule has 252 valence electrons. The lowest BCUT2D eigenvalue weighted by molar-refractivity contribution is 1.28. The molecule has 0 spiro atoms. The molecule has 0 amide bonds. The van der Waals surface area contributed by atoms with Gasteiger partial charge in [0, 0.05) is 74.5 Å². The van der Waals surface area contributed by atoms with Gasteiger partial charge in [0.1, 0.15) is 0 Å². The minimum absolute atomic E-state index is 1.13. The van der Waals surface area contributed by atoms with Gasteiger partial charge in [0.05, 0.1) is 0 Å². The van der Waals surface area contributed by atoms with Crippen LogP contribution in [0.25, 0.3) is 51.5 Å². The average Bonchev–Trinajstić information content (AvgIpc) is 3.77. The molecule has 10 aromatic rings. The normalized spacial score (nSPS) is 11.5. The van der Waals surface area contributed by atoms with E-state index in [1.807, 2.05) is 22.7 Å². The van der Waals surface area contributed by atoms with Crippen LogP contribution in [-0.4, -0.2) is 0 Å². The van der Waals surface area contributed by atoms with Gasteiger partial charge in [0.25, 0.3) is 0 Å². The number of rotatable bonds is 7. The van der Waals surface area contributed by atoms with Crippen molar-refractivity contribution in [2.24, 2.45) is 0 Å². The smallest absolute Gasteiger partial charge is 0.0482 e. The molecule has 0 unspecified atom stereocenters.